The van der Waals surface area contributed by atoms with E-state index >= 15 is 0 Å². The summed E-state index contributed by atoms with van der Waals surface area (Å²) in [5.74, 6) is -2.04. The Balaban J connectivity index is 3.19. The molecule has 0 heterocycles. The Kier molecular flexibility index (Phi) is 2.99. The van der Waals surface area contributed by atoms with Gasteiger partial charge in [-0.05, 0) is 18.6 Å². The SMILES string of the molecule is Cc1cc(CC(=O)O)c(F)cc1[N+](=O)[O-]. The van der Waals surface area contributed by atoms with Gasteiger partial charge in [-0.25, -0.2) is 4.39 Å². The van der Waals surface area contributed by atoms with Crippen LogP contribution in [0.1, 0.15) is 11.1 Å². The number of aliphatic carboxylic acids is 1. The van der Waals surface area contributed by atoms with Crippen LogP contribution in [0.4, 0.5) is 10.1 Å². The standard InChI is InChI=1S/C9H8FNO4/c1-5-2-6(3-9(12)13)7(10)4-8(5)11(14)15/h2,4H,3H2,1H3,(H,12,13). The van der Waals surface area contributed by atoms with Gasteiger partial charge in [-0.2, -0.15) is 0 Å². The first-order valence-corrected chi connectivity index (χ1v) is 4.07. The quantitative estimate of drug-likeness (QED) is 0.611. The minimum atomic E-state index is -1.18. The molecule has 0 aliphatic rings. The van der Waals surface area contributed by atoms with Crippen molar-refractivity contribution in [2.45, 2.75) is 13.3 Å². The third kappa shape index (κ3) is 2.49. The molecule has 0 saturated carbocycles. The molecule has 0 radical (unpaired) electrons. The second-order valence-electron chi connectivity index (χ2n) is 3.06. The zero-order chi connectivity index (χ0) is 11.6. The maximum absolute atomic E-state index is 13.2. The molecule has 0 aliphatic carbocycles. The lowest BCUT2D eigenvalue weighted by Crippen LogP contribution is -2.04. The van der Waals surface area contributed by atoms with Crippen LogP contribution in [-0.4, -0.2) is 16.0 Å². The maximum Gasteiger partial charge on any atom is 0.307 e. The van der Waals surface area contributed by atoms with Gasteiger partial charge in [0.05, 0.1) is 17.4 Å². The lowest BCUT2D eigenvalue weighted by atomic mass is 10.1. The molecule has 15 heavy (non-hydrogen) atoms. The van der Waals surface area contributed by atoms with Crippen molar-refractivity contribution < 1.29 is 19.2 Å². The van der Waals surface area contributed by atoms with Crippen LogP contribution < -0.4 is 0 Å². The summed E-state index contributed by atoms with van der Waals surface area (Å²) in [6.45, 7) is 1.43. The lowest BCUT2D eigenvalue weighted by Gasteiger charge is -2.02. The minimum Gasteiger partial charge on any atom is -0.481 e. The molecule has 0 bridgehead atoms. The van der Waals surface area contributed by atoms with Crippen molar-refractivity contribution in [1.29, 1.82) is 0 Å². The second kappa shape index (κ2) is 4.04. The molecule has 6 heteroatoms. The highest BCUT2D eigenvalue weighted by Gasteiger charge is 2.16. The van der Waals surface area contributed by atoms with E-state index in [-0.39, 0.29) is 16.8 Å². The summed E-state index contributed by atoms with van der Waals surface area (Å²) in [4.78, 5) is 20.1. The Bertz CT molecular complexity index is 430. The fraction of sp³-hybridized carbons (Fsp3) is 0.222. The average Bonchev–Trinajstić information content (AvgIpc) is 2.09. The first kappa shape index (κ1) is 11.1. The molecule has 1 rings (SSSR count). The predicted molar refractivity (Wildman–Crippen MR) is 49.1 cm³/mol. The molecule has 1 aromatic carbocycles. The molecule has 0 amide bonds. The maximum atomic E-state index is 13.2. The van der Waals surface area contributed by atoms with Crippen LogP contribution in [0.2, 0.25) is 0 Å². The van der Waals surface area contributed by atoms with Crippen molar-refractivity contribution >= 4 is 11.7 Å². The van der Waals surface area contributed by atoms with E-state index in [0.29, 0.717) is 0 Å². The molecule has 0 aliphatic heterocycles. The van der Waals surface area contributed by atoms with E-state index < -0.39 is 23.1 Å². The highest BCUT2D eigenvalue weighted by Crippen LogP contribution is 2.22. The fourth-order valence-electron chi connectivity index (χ4n) is 1.23. The van der Waals surface area contributed by atoms with Crippen molar-refractivity contribution in [2.75, 3.05) is 0 Å². The van der Waals surface area contributed by atoms with E-state index in [0.717, 1.165) is 6.07 Å². The van der Waals surface area contributed by atoms with Gasteiger partial charge in [-0.1, -0.05) is 0 Å². The van der Waals surface area contributed by atoms with Crippen molar-refractivity contribution in [1.82, 2.24) is 0 Å². The molecule has 0 saturated heterocycles. The van der Waals surface area contributed by atoms with Gasteiger partial charge >= 0.3 is 5.97 Å². The first-order valence-electron chi connectivity index (χ1n) is 4.07. The zero-order valence-electron chi connectivity index (χ0n) is 7.86. The molecular formula is C9H8FNO4. The normalized spacial score (nSPS) is 10.0. The van der Waals surface area contributed by atoms with Gasteiger partial charge in [0.25, 0.3) is 5.69 Å². The molecule has 1 N–H and O–H groups in total. The highest BCUT2D eigenvalue weighted by molar-refractivity contribution is 5.70. The molecule has 0 atom stereocenters. The Morgan fingerprint density at radius 1 is 1.60 bits per heavy atom. The summed E-state index contributed by atoms with van der Waals surface area (Å²) in [6, 6.07) is 1.93. The van der Waals surface area contributed by atoms with Gasteiger partial charge in [0.1, 0.15) is 5.82 Å². The largest absolute Gasteiger partial charge is 0.481 e. The fourth-order valence-corrected chi connectivity index (χ4v) is 1.23. The number of benzene rings is 1. The molecule has 5 nitrogen and oxygen atoms in total. The van der Waals surface area contributed by atoms with Gasteiger partial charge in [0.2, 0.25) is 0 Å². The number of rotatable bonds is 3. The van der Waals surface area contributed by atoms with E-state index in [1.807, 2.05) is 0 Å². The van der Waals surface area contributed by atoms with E-state index in [9.17, 15) is 19.3 Å². The number of halogens is 1. The van der Waals surface area contributed by atoms with Crippen LogP contribution in [0.3, 0.4) is 0 Å². The molecule has 0 unspecified atom stereocenters. The molecule has 1 aromatic rings. The summed E-state index contributed by atoms with van der Waals surface area (Å²) < 4.78 is 13.2. The van der Waals surface area contributed by atoms with Crippen LogP contribution in [0.25, 0.3) is 0 Å². The zero-order valence-corrected chi connectivity index (χ0v) is 7.86. The Labute approximate surface area is 84.3 Å². The van der Waals surface area contributed by atoms with E-state index in [4.69, 9.17) is 5.11 Å². The van der Waals surface area contributed by atoms with Gasteiger partial charge in [0, 0.05) is 5.56 Å². The Morgan fingerprint density at radius 3 is 2.67 bits per heavy atom. The monoisotopic (exact) mass is 213 g/mol. The molecule has 0 aromatic heterocycles. The van der Waals surface area contributed by atoms with Crippen molar-refractivity contribution in [2.24, 2.45) is 0 Å². The van der Waals surface area contributed by atoms with Gasteiger partial charge in [-0.3, -0.25) is 14.9 Å². The highest BCUT2D eigenvalue weighted by atomic mass is 19.1. The van der Waals surface area contributed by atoms with E-state index in [1.54, 1.807) is 0 Å². The lowest BCUT2D eigenvalue weighted by molar-refractivity contribution is -0.385. The van der Waals surface area contributed by atoms with Crippen molar-refractivity contribution in [3.05, 3.63) is 39.2 Å². The second-order valence-corrected chi connectivity index (χ2v) is 3.06. The van der Waals surface area contributed by atoms with E-state index in [1.165, 1.54) is 13.0 Å². The Morgan fingerprint density at radius 2 is 2.20 bits per heavy atom. The number of aryl methyl sites for hydroxylation is 1. The number of carboxylic acids is 1. The van der Waals surface area contributed by atoms with Crippen LogP contribution in [-0.2, 0) is 11.2 Å². The molecule has 0 spiro atoms. The minimum absolute atomic E-state index is 0.0504. The molecule has 0 fully saturated rings. The van der Waals surface area contributed by atoms with Crippen LogP contribution in [0.15, 0.2) is 12.1 Å². The summed E-state index contributed by atoms with van der Waals surface area (Å²) in [5.41, 5.74) is -0.148. The predicted octanol–water partition coefficient (Wildman–Crippen LogP) is 1.67. The number of nitro groups is 1. The van der Waals surface area contributed by atoms with Crippen LogP contribution >= 0.6 is 0 Å². The number of nitro benzene ring substituents is 1. The van der Waals surface area contributed by atoms with Gasteiger partial charge in [-0.15, -0.1) is 0 Å². The van der Waals surface area contributed by atoms with E-state index in [2.05, 4.69) is 0 Å². The summed E-state index contributed by atoms with van der Waals surface area (Å²) in [7, 11) is 0. The number of hydrogen-bond donors (Lipinski definition) is 1. The smallest absolute Gasteiger partial charge is 0.307 e. The summed E-state index contributed by atoms with van der Waals surface area (Å²) >= 11 is 0. The van der Waals surface area contributed by atoms with Crippen molar-refractivity contribution in [3.63, 3.8) is 0 Å². The number of hydrogen-bond acceptors (Lipinski definition) is 3. The number of nitrogens with zero attached hydrogens (tertiary/aromatic N) is 1. The van der Waals surface area contributed by atoms with Gasteiger partial charge < -0.3 is 5.11 Å². The van der Waals surface area contributed by atoms with Crippen LogP contribution in [0, 0.1) is 22.9 Å². The molecular weight excluding hydrogens is 205 g/mol. The average molecular weight is 213 g/mol. The third-order valence-electron chi connectivity index (χ3n) is 1.90. The van der Waals surface area contributed by atoms with Crippen molar-refractivity contribution in [3.8, 4) is 0 Å². The first-order chi connectivity index (χ1) is 6.91. The van der Waals surface area contributed by atoms with Crippen LogP contribution in [0.5, 0.6) is 0 Å². The molecule has 80 valence electrons. The number of carboxylic acid groups (broad SMARTS) is 1. The number of carbonyl (C=O) groups is 1. The third-order valence-corrected chi connectivity index (χ3v) is 1.90. The van der Waals surface area contributed by atoms with Gasteiger partial charge in [0.15, 0.2) is 0 Å². The topological polar surface area (TPSA) is 80.4 Å². The summed E-state index contributed by atoms with van der Waals surface area (Å²) in [5, 5.41) is 18.9. The Hall–Kier alpha value is -1.98. The summed E-state index contributed by atoms with van der Waals surface area (Å²) in [6.07, 6.45) is -0.481.